The van der Waals surface area contributed by atoms with Crippen LogP contribution in [0.4, 0.5) is 10.1 Å². The van der Waals surface area contributed by atoms with Gasteiger partial charge >= 0.3 is 0 Å². The van der Waals surface area contributed by atoms with Gasteiger partial charge in [0, 0.05) is 27.8 Å². The third-order valence-corrected chi connectivity index (χ3v) is 4.28. The summed E-state index contributed by atoms with van der Waals surface area (Å²) in [6.45, 7) is 0.692. The van der Waals surface area contributed by atoms with Crippen LogP contribution in [0.25, 0.3) is 0 Å². The van der Waals surface area contributed by atoms with Crippen molar-refractivity contribution in [1.82, 2.24) is 0 Å². The topological polar surface area (TPSA) is 35.2 Å². The van der Waals surface area contributed by atoms with Crippen LogP contribution in [-0.2, 0) is 0 Å². The minimum Gasteiger partial charge on any atom is -0.493 e. The molecule has 0 saturated heterocycles. The highest BCUT2D eigenvalue weighted by molar-refractivity contribution is 7.99. The van der Waals surface area contributed by atoms with E-state index in [0.29, 0.717) is 18.2 Å². The van der Waals surface area contributed by atoms with Crippen LogP contribution in [0, 0.1) is 5.82 Å². The molecule has 1 aliphatic rings. The molecule has 1 aliphatic heterocycles. The minimum absolute atomic E-state index is 0.287. The van der Waals surface area contributed by atoms with E-state index >= 15 is 0 Å². The number of para-hydroxylation sites is 1. The van der Waals surface area contributed by atoms with Crippen molar-refractivity contribution in [1.29, 1.82) is 0 Å². The van der Waals surface area contributed by atoms with Crippen molar-refractivity contribution in [3.05, 3.63) is 53.8 Å². The van der Waals surface area contributed by atoms with Crippen LogP contribution in [0.15, 0.2) is 47.4 Å². The van der Waals surface area contributed by atoms with E-state index in [1.165, 1.54) is 17.7 Å². The fourth-order valence-electron chi connectivity index (χ4n) is 2.23. The number of anilines is 1. The molecular weight excluding hydrogens is 261 g/mol. The van der Waals surface area contributed by atoms with E-state index in [2.05, 4.69) is 6.07 Å². The first-order valence-electron chi connectivity index (χ1n) is 6.13. The second-order valence-electron chi connectivity index (χ2n) is 4.58. The summed E-state index contributed by atoms with van der Waals surface area (Å²) in [4.78, 5) is 0.863. The molecule has 0 bridgehead atoms. The number of nitrogens with two attached hydrogens (primary N) is 1. The van der Waals surface area contributed by atoms with Crippen LogP contribution < -0.4 is 10.5 Å². The van der Waals surface area contributed by atoms with Gasteiger partial charge in [-0.3, -0.25) is 0 Å². The average Bonchev–Trinajstić information content (AvgIpc) is 2.78. The predicted octanol–water partition coefficient (Wildman–Crippen LogP) is 3.68. The molecule has 1 atom stereocenters. The minimum atomic E-state index is -0.287. The summed E-state index contributed by atoms with van der Waals surface area (Å²) in [6.07, 6.45) is 0. The van der Waals surface area contributed by atoms with Crippen LogP contribution in [0.1, 0.15) is 11.5 Å². The van der Waals surface area contributed by atoms with Crippen LogP contribution in [0.5, 0.6) is 5.75 Å². The number of ether oxygens (including phenoxy) is 1. The van der Waals surface area contributed by atoms with Crippen molar-refractivity contribution < 1.29 is 9.13 Å². The quantitative estimate of drug-likeness (QED) is 0.685. The highest BCUT2D eigenvalue weighted by atomic mass is 32.2. The SMILES string of the molecule is Nc1cc(F)cc(SCC2COc3ccccc32)c1. The standard InChI is InChI=1S/C15H14FNOS/c16-11-5-12(17)7-13(6-11)19-9-10-8-18-15-4-2-1-3-14(10)15/h1-7,10H,8-9,17H2. The zero-order valence-electron chi connectivity index (χ0n) is 10.3. The number of nitrogen functional groups attached to an aromatic ring is 1. The number of hydrogen-bond donors (Lipinski definition) is 1. The Hall–Kier alpha value is -1.68. The Bertz CT molecular complexity index is 582. The van der Waals surface area contributed by atoms with Crippen molar-refractivity contribution in [2.24, 2.45) is 0 Å². The fraction of sp³-hybridized carbons (Fsp3) is 0.200. The van der Waals surface area contributed by atoms with Gasteiger partial charge in [-0.2, -0.15) is 0 Å². The number of thioether (sulfide) groups is 1. The van der Waals surface area contributed by atoms with Crippen molar-refractivity contribution in [3.8, 4) is 5.75 Å². The van der Waals surface area contributed by atoms with Crippen LogP contribution in [0.2, 0.25) is 0 Å². The lowest BCUT2D eigenvalue weighted by atomic mass is 10.0. The van der Waals surface area contributed by atoms with Gasteiger partial charge in [0.05, 0.1) is 6.61 Å². The van der Waals surface area contributed by atoms with Crippen LogP contribution in [0.3, 0.4) is 0 Å². The molecule has 0 fully saturated rings. The molecule has 2 aromatic rings. The molecule has 3 rings (SSSR count). The van der Waals surface area contributed by atoms with Gasteiger partial charge in [0.15, 0.2) is 0 Å². The monoisotopic (exact) mass is 275 g/mol. The van der Waals surface area contributed by atoms with E-state index < -0.39 is 0 Å². The summed E-state index contributed by atoms with van der Waals surface area (Å²) in [5.74, 6) is 1.89. The number of halogens is 1. The van der Waals surface area contributed by atoms with Gasteiger partial charge in [-0.05, 0) is 24.3 Å². The Morgan fingerprint density at radius 1 is 1.26 bits per heavy atom. The van der Waals surface area contributed by atoms with Gasteiger partial charge < -0.3 is 10.5 Å². The molecule has 0 saturated carbocycles. The van der Waals surface area contributed by atoms with E-state index in [-0.39, 0.29) is 5.82 Å². The van der Waals surface area contributed by atoms with E-state index in [9.17, 15) is 4.39 Å². The summed E-state index contributed by atoms with van der Waals surface area (Å²) in [6, 6.07) is 12.7. The predicted molar refractivity (Wildman–Crippen MR) is 76.2 cm³/mol. The van der Waals surface area contributed by atoms with Crippen molar-refractivity contribution in [3.63, 3.8) is 0 Å². The zero-order chi connectivity index (χ0) is 13.2. The number of benzene rings is 2. The van der Waals surface area contributed by atoms with Crippen molar-refractivity contribution in [2.45, 2.75) is 10.8 Å². The zero-order valence-corrected chi connectivity index (χ0v) is 11.1. The number of rotatable bonds is 3. The molecule has 0 aromatic heterocycles. The molecule has 1 heterocycles. The smallest absolute Gasteiger partial charge is 0.126 e. The molecule has 0 radical (unpaired) electrons. The summed E-state index contributed by atoms with van der Waals surface area (Å²) in [7, 11) is 0. The summed E-state index contributed by atoms with van der Waals surface area (Å²) >= 11 is 1.61. The maximum Gasteiger partial charge on any atom is 0.126 e. The van der Waals surface area contributed by atoms with Gasteiger partial charge in [-0.1, -0.05) is 18.2 Å². The molecule has 2 nitrogen and oxygen atoms in total. The summed E-state index contributed by atoms with van der Waals surface area (Å²) in [5.41, 5.74) is 7.34. The van der Waals surface area contributed by atoms with Gasteiger partial charge in [0.1, 0.15) is 11.6 Å². The van der Waals surface area contributed by atoms with Crippen molar-refractivity contribution in [2.75, 3.05) is 18.1 Å². The second-order valence-corrected chi connectivity index (χ2v) is 5.67. The first-order valence-corrected chi connectivity index (χ1v) is 7.11. The van der Waals surface area contributed by atoms with E-state index in [4.69, 9.17) is 10.5 Å². The molecule has 1 unspecified atom stereocenters. The van der Waals surface area contributed by atoms with Gasteiger partial charge in [-0.25, -0.2) is 4.39 Å². The molecule has 2 N–H and O–H groups in total. The fourth-order valence-corrected chi connectivity index (χ4v) is 3.32. The third-order valence-electron chi connectivity index (χ3n) is 3.14. The lowest BCUT2D eigenvalue weighted by Gasteiger charge is -2.09. The highest BCUT2D eigenvalue weighted by Crippen LogP contribution is 2.37. The van der Waals surface area contributed by atoms with E-state index in [0.717, 1.165) is 16.4 Å². The maximum atomic E-state index is 13.2. The molecule has 4 heteroatoms. The molecule has 0 amide bonds. The van der Waals surface area contributed by atoms with Crippen molar-refractivity contribution >= 4 is 17.4 Å². The lowest BCUT2D eigenvalue weighted by Crippen LogP contribution is -2.03. The highest BCUT2D eigenvalue weighted by Gasteiger charge is 2.23. The Morgan fingerprint density at radius 3 is 2.95 bits per heavy atom. The van der Waals surface area contributed by atoms with Crippen LogP contribution >= 0.6 is 11.8 Å². The van der Waals surface area contributed by atoms with Gasteiger partial charge in [-0.15, -0.1) is 11.8 Å². The molecule has 0 aliphatic carbocycles. The third kappa shape index (κ3) is 2.68. The maximum absolute atomic E-state index is 13.2. The Morgan fingerprint density at radius 2 is 2.11 bits per heavy atom. The average molecular weight is 275 g/mol. The second kappa shape index (κ2) is 5.13. The van der Waals surface area contributed by atoms with E-state index in [1.807, 2.05) is 18.2 Å². The summed E-state index contributed by atoms with van der Waals surface area (Å²) < 4.78 is 18.9. The van der Waals surface area contributed by atoms with Gasteiger partial charge in [0.25, 0.3) is 0 Å². The molecular formula is C15H14FNOS. The largest absolute Gasteiger partial charge is 0.493 e. The first kappa shape index (κ1) is 12.4. The van der Waals surface area contributed by atoms with Crippen LogP contribution in [-0.4, -0.2) is 12.4 Å². The lowest BCUT2D eigenvalue weighted by molar-refractivity contribution is 0.339. The molecule has 0 spiro atoms. The Labute approximate surface area is 115 Å². The summed E-state index contributed by atoms with van der Waals surface area (Å²) in [5, 5.41) is 0. The van der Waals surface area contributed by atoms with E-state index in [1.54, 1.807) is 17.8 Å². The first-order chi connectivity index (χ1) is 9.22. The molecule has 19 heavy (non-hydrogen) atoms. The normalized spacial score (nSPS) is 17.0. The Kier molecular flexibility index (Phi) is 3.34. The molecule has 98 valence electrons. The molecule has 2 aromatic carbocycles. The number of fused-ring (bicyclic) bond motifs is 1. The number of hydrogen-bond acceptors (Lipinski definition) is 3. The van der Waals surface area contributed by atoms with Gasteiger partial charge in [0.2, 0.25) is 0 Å². The Balaban J connectivity index is 1.70.